The van der Waals surface area contributed by atoms with Crippen LogP contribution in [0.2, 0.25) is 0 Å². The number of benzene rings is 1. The highest BCUT2D eigenvalue weighted by molar-refractivity contribution is 5.78. The van der Waals surface area contributed by atoms with Gasteiger partial charge in [0, 0.05) is 88.1 Å². The van der Waals surface area contributed by atoms with Gasteiger partial charge in [-0.2, -0.15) is 0 Å². The van der Waals surface area contributed by atoms with Gasteiger partial charge in [0.05, 0.1) is 6.33 Å². The first kappa shape index (κ1) is 21.2. The second-order valence-corrected chi connectivity index (χ2v) is 9.61. The van der Waals surface area contributed by atoms with E-state index in [0.29, 0.717) is 6.04 Å². The number of rotatable bonds is 6. The SMILES string of the molecule is Cc1ccccc1N1CCN(c2ccc3ccn(CCN4CCC(n5ccnc5)C4)c3n2)CC1. The molecule has 2 aliphatic heterocycles. The van der Waals surface area contributed by atoms with Crippen molar-refractivity contribution in [1.29, 1.82) is 0 Å². The van der Waals surface area contributed by atoms with Crippen molar-refractivity contribution in [3.8, 4) is 0 Å². The summed E-state index contributed by atoms with van der Waals surface area (Å²) >= 11 is 0. The summed E-state index contributed by atoms with van der Waals surface area (Å²) in [4.78, 5) is 16.8. The average molecular weight is 456 g/mol. The molecule has 1 aromatic carbocycles. The molecule has 6 rings (SSSR count). The van der Waals surface area contributed by atoms with Crippen molar-refractivity contribution in [2.24, 2.45) is 0 Å². The molecular formula is C27H33N7. The molecule has 4 aromatic rings. The third-order valence-electron chi connectivity index (χ3n) is 7.51. The summed E-state index contributed by atoms with van der Waals surface area (Å²) in [6.45, 7) is 10.5. The van der Waals surface area contributed by atoms with Gasteiger partial charge in [0.1, 0.15) is 11.5 Å². The number of likely N-dealkylation sites (tertiary alicyclic amines) is 1. The lowest BCUT2D eigenvalue weighted by Gasteiger charge is -2.37. The van der Waals surface area contributed by atoms with Crippen LogP contribution in [0.25, 0.3) is 11.0 Å². The largest absolute Gasteiger partial charge is 0.368 e. The number of aryl methyl sites for hydroxylation is 1. The lowest BCUT2D eigenvalue weighted by Crippen LogP contribution is -2.47. The molecule has 2 fully saturated rings. The topological polar surface area (TPSA) is 45.4 Å². The lowest BCUT2D eigenvalue weighted by atomic mass is 10.1. The first-order valence-corrected chi connectivity index (χ1v) is 12.5. The second kappa shape index (κ2) is 9.14. The molecule has 1 atom stereocenters. The fraction of sp³-hybridized carbons (Fsp3) is 0.407. The van der Waals surface area contributed by atoms with E-state index >= 15 is 0 Å². The van der Waals surface area contributed by atoms with Gasteiger partial charge in [-0.25, -0.2) is 9.97 Å². The Bertz CT molecular complexity index is 1240. The molecule has 1 unspecified atom stereocenters. The third kappa shape index (κ3) is 4.16. The summed E-state index contributed by atoms with van der Waals surface area (Å²) in [7, 11) is 0. The van der Waals surface area contributed by atoms with Gasteiger partial charge in [0.15, 0.2) is 0 Å². The molecule has 176 valence electrons. The predicted molar refractivity (Wildman–Crippen MR) is 138 cm³/mol. The van der Waals surface area contributed by atoms with Crippen molar-refractivity contribution in [2.75, 3.05) is 55.6 Å². The number of pyridine rings is 1. The molecule has 34 heavy (non-hydrogen) atoms. The number of nitrogens with zero attached hydrogens (tertiary/aromatic N) is 7. The fourth-order valence-corrected chi connectivity index (χ4v) is 5.49. The van der Waals surface area contributed by atoms with Gasteiger partial charge in [0.2, 0.25) is 0 Å². The summed E-state index contributed by atoms with van der Waals surface area (Å²) in [5, 5.41) is 1.22. The Morgan fingerprint density at radius 3 is 2.56 bits per heavy atom. The minimum atomic E-state index is 0.548. The highest BCUT2D eigenvalue weighted by Crippen LogP contribution is 2.25. The van der Waals surface area contributed by atoms with E-state index < -0.39 is 0 Å². The molecule has 0 amide bonds. The Hall–Kier alpha value is -3.32. The number of fused-ring (bicyclic) bond motifs is 1. The van der Waals surface area contributed by atoms with E-state index in [1.54, 1.807) is 0 Å². The van der Waals surface area contributed by atoms with Crippen molar-refractivity contribution < 1.29 is 0 Å². The molecule has 2 aliphatic rings. The maximum absolute atomic E-state index is 5.11. The van der Waals surface area contributed by atoms with Gasteiger partial charge in [-0.15, -0.1) is 0 Å². The Labute approximate surface area is 201 Å². The van der Waals surface area contributed by atoms with Crippen LogP contribution in [0.5, 0.6) is 0 Å². The zero-order valence-electron chi connectivity index (χ0n) is 19.9. The van der Waals surface area contributed by atoms with E-state index in [1.807, 2.05) is 12.5 Å². The Morgan fingerprint density at radius 1 is 0.882 bits per heavy atom. The highest BCUT2D eigenvalue weighted by atomic mass is 15.3. The maximum Gasteiger partial charge on any atom is 0.142 e. The van der Waals surface area contributed by atoms with Crippen LogP contribution in [0, 0.1) is 6.92 Å². The van der Waals surface area contributed by atoms with Crippen LogP contribution in [-0.4, -0.2) is 69.8 Å². The van der Waals surface area contributed by atoms with Crippen molar-refractivity contribution in [3.05, 3.63) is 72.9 Å². The third-order valence-corrected chi connectivity index (χ3v) is 7.51. The van der Waals surface area contributed by atoms with E-state index in [4.69, 9.17) is 4.98 Å². The Balaban J connectivity index is 1.10. The van der Waals surface area contributed by atoms with Gasteiger partial charge in [-0.3, -0.25) is 4.90 Å². The molecule has 3 aromatic heterocycles. The summed E-state index contributed by atoms with van der Waals surface area (Å²) < 4.78 is 4.57. The summed E-state index contributed by atoms with van der Waals surface area (Å²) in [5.74, 6) is 1.10. The van der Waals surface area contributed by atoms with Crippen LogP contribution in [0.3, 0.4) is 0 Å². The van der Waals surface area contributed by atoms with Crippen LogP contribution in [0.4, 0.5) is 11.5 Å². The molecule has 7 nitrogen and oxygen atoms in total. The summed E-state index contributed by atoms with van der Waals surface area (Å²) in [6.07, 6.45) is 9.29. The van der Waals surface area contributed by atoms with E-state index in [2.05, 4.69) is 90.6 Å². The van der Waals surface area contributed by atoms with Gasteiger partial charge >= 0.3 is 0 Å². The molecule has 5 heterocycles. The molecule has 0 spiro atoms. The van der Waals surface area contributed by atoms with E-state index in [1.165, 1.54) is 23.1 Å². The van der Waals surface area contributed by atoms with Gasteiger partial charge < -0.3 is 18.9 Å². The van der Waals surface area contributed by atoms with E-state index in [0.717, 1.165) is 63.8 Å². The Morgan fingerprint density at radius 2 is 1.74 bits per heavy atom. The fourth-order valence-electron chi connectivity index (χ4n) is 5.49. The highest BCUT2D eigenvalue weighted by Gasteiger charge is 2.23. The molecule has 0 aliphatic carbocycles. The Kier molecular flexibility index (Phi) is 5.71. The number of anilines is 2. The summed E-state index contributed by atoms with van der Waals surface area (Å²) in [5.41, 5.74) is 3.81. The normalized spacial score (nSPS) is 19.4. The first-order valence-electron chi connectivity index (χ1n) is 12.5. The van der Waals surface area contributed by atoms with Crippen LogP contribution in [0.1, 0.15) is 18.0 Å². The quantitative estimate of drug-likeness (QED) is 0.442. The van der Waals surface area contributed by atoms with E-state index in [9.17, 15) is 0 Å². The van der Waals surface area contributed by atoms with Gasteiger partial charge in [0.25, 0.3) is 0 Å². The molecule has 0 radical (unpaired) electrons. The monoisotopic (exact) mass is 455 g/mol. The van der Waals surface area contributed by atoms with Crippen molar-refractivity contribution in [3.63, 3.8) is 0 Å². The molecule has 0 saturated carbocycles. The van der Waals surface area contributed by atoms with E-state index in [-0.39, 0.29) is 0 Å². The minimum Gasteiger partial charge on any atom is -0.368 e. The number of piperazine rings is 1. The van der Waals surface area contributed by atoms with Crippen molar-refractivity contribution >= 4 is 22.5 Å². The molecule has 0 N–H and O–H groups in total. The van der Waals surface area contributed by atoms with Crippen molar-refractivity contribution in [1.82, 2.24) is 24.0 Å². The lowest BCUT2D eigenvalue weighted by molar-refractivity contribution is 0.310. The predicted octanol–water partition coefficient (Wildman–Crippen LogP) is 3.81. The maximum atomic E-state index is 5.11. The molecular weight excluding hydrogens is 422 g/mol. The smallest absolute Gasteiger partial charge is 0.142 e. The first-order chi connectivity index (χ1) is 16.7. The summed E-state index contributed by atoms with van der Waals surface area (Å²) in [6, 6.07) is 15.8. The van der Waals surface area contributed by atoms with Crippen LogP contribution in [-0.2, 0) is 6.54 Å². The average Bonchev–Trinajstić information content (AvgIpc) is 3.64. The van der Waals surface area contributed by atoms with Crippen LogP contribution < -0.4 is 9.80 Å². The zero-order valence-corrected chi connectivity index (χ0v) is 19.9. The number of hydrogen-bond donors (Lipinski definition) is 0. The zero-order chi connectivity index (χ0) is 22.9. The number of imidazole rings is 1. The number of aromatic nitrogens is 4. The van der Waals surface area contributed by atoms with Crippen LogP contribution >= 0.6 is 0 Å². The minimum absolute atomic E-state index is 0.548. The molecule has 2 saturated heterocycles. The van der Waals surface area contributed by atoms with Crippen molar-refractivity contribution in [2.45, 2.75) is 25.9 Å². The van der Waals surface area contributed by atoms with Crippen LogP contribution in [0.15, 0.2) is 67.4 Å². The number of hydrogen-bond acceptors (Lipinski definition) is 5. The van der Waals surface area contributed by atoms with Gasteiger partial charge in [-0.05, 0) is 43.2 Å². The standard InChI is InChI=1S/C27H33N7/c1-22-4-2-3-5-25(22)31-16-18-32(19-17-31)26-7-6-23-8-12-33(27(23)29-26)15-14-30-11-9-24(20-30)34-13-10-28-21-34/h2-8,10,12-13,21,24H,9,11,14-20H2,1H3. The van der Waals surface area contributed by atoms with Gasteiger partial charge in [-0.1, -0.05) is 18.2 Å². The second-order valence-electron chi connectivity index (χ2n) is 9.61. The molecule has 7 heteroatoms. The molecule has 0 bridgehead atoms. The number of para-hydroxylation sites is 1.